The molecule has 1 fully saturated rings. The van der Waals surface area contributed by atoms with Crippen molar-refractivity contribution in [1.29, 1.82) is 0 Å². The second-order valence-electron chi connectivity index (χ2n) is 7.28. The Morgan fingerprint density at radius 1 is 1.20 bits per heavy atom. The average molecular weight is 340 g/mol. The molecular weight excluding hydrogens is 320 g/mol. The van der Waals surface area contributed by atoms with Crippen molar-refractivity contribution < 1.29 is 14.4 Å². The van der Waals surface area contributed by atoms with Crippen LogP contribution in [0.4, 0.5) is 0 Å². The van der Waals surface area contributed by atoms with Crippen LogP contribution >= 0.6 is 0 Å². The van der Waals surface area contributed by atoms with Crippen LogP contribution in [0.25, 0.3) is 0 Å². The summed E-state index contributed by atoms with van der Waals surface area (Å²) in [5.41, 5.74) is 0.515. The zero-order valence-electron chi connectivity index (χ0n) is 14.3. The molecule has 1 aliphatic rings. The molecule has 7 heteroatoms. The quantitative estimate of drug-likeness (QED) is 0.767. The summed E-state index contributed by atoms with van der Waals surface area (Å²) in [5, 5.41) is 11.0. The summed E-state index contributed by atoms with van der Waals surface area (Å²) in [7, 11) is 0. The maximum atomic E-state index is 13.1. The van der Waals surface area contributed by atoms with Gasteiger partial charge in [-0.05, 0) is 21.4 Å². The van der Waals surface area contributed by atoms with Crippen LogP contribution in [0.2, 0.25) is 0 Å². The number of hydrogen-bond acceptors (Lipinski definition) is 6. The number of aromatic nitrogens is 4. The summed E-state index contributed by atoms with van der Waals surface area (Å²) in [4.78, 5) is 38.0. The molecule has 1 aromatic heterocycles. The Labute approximate surface area is 145 Å². The number of carbonyl (C=O) groups is 3. The van der Waals surface area contributed by atoms with Gasteiger partial charge >= 0.3 is 0 Å². The molecule has 0 unspecified atom stereocenters. The van der Waals surface area contributed by atoms with Crippen molar-refractivity contribution in [2.75, 3.05) is 0 Å². The van der Waals surface area contributed by atoms with E-state index in [4.69, 9.17) is 0 Å². The minimum atomic E-state index is -1.22. The maximum Gasteiger partial charge on any atom is 0.175 e. The van der Waals surface area contributed by atoms with Gasteiger partial charge in [0.2, 0.25) is 0 Å². The van der Waals surface area contributed by atoms with Crippen LogP contribution in [0.1, 0.15) is 38.3 Å². The summed E-state index contributed by atoms with van der Waals surface area (Å²) >= 11 is 0. The highest BCUT2D eigenvalue weighted by atomic mass is 16.2. The van der Waals surface area contributed by atoms with Gasteiger partial charge in [-0.3, -0.25) is 14.4 Å². The van der Waals surface area contributed by atoms with Crippen LogP contribution in [-0.2, 0) is 20.8 Å². The third-order valence-electron chi connectivity index (χ3n) is 4.52. The van der Waals surface area contributed by atoms with E-state index in [1.54, 1.807) is 0 Å². The molecule has 25 heavy (non-hydrogen) atoms. The summed E-state index contributed by atoms with van der Waals surface area (Å²) in [5.74, 6) is -2.26. The summed E-state index contributed by atoms with van der Waals surface area (Å²) in [6.45, 7) is 3.73. The number of nitrogens with zero attached hydrogens (tertiary/aromatic N) is 4. The second kappa shape index (κ2) is 6.66. The lowest BCUT2D eigenvalue weighted by Crippen LogP contribution is -2.44. The minimum Gasteiger partial charge on any atom is -0.298 e. The molecular formula is C18H20N4O3. The lowest BCUT2D eigenvalue weighted by Gasteiger charge is -2.32. The van der Waals surface area contributed by atoms with Crippen LogP contribution < -0.4 is 0 Å². The highest BCUT2D eigenvalue weighted by molar-refractivity contribution is 6.21. The topological polar surface area (TPSA) is 94.8 Å². The maximum absolute atomic E-state index is 13.1. The number of carbonyl (C=O) groups excluding carboxylic acids is 3. The van der Waals surface area contributed by atoms with E-state index >= 15 is 0 Å². The first kappa shape index (κ1) is 17.1. The lowest BCUT2D eigenvalue weighted by molar-refractivity contribution is -0.146. The normalized spacial score (nSPS) is 19.0. The van der Waals surface area contributed by atoms with Gasteiger partial charge < -0.3 is 0 Å². The van der Waals surface area contributed by atoms with Crippen molar-refractivity contribution in [2.45, 2.75) is 39.2 Å². The van der Waals surface area contributed by atoms with Crippen LogP contribution in [0.3, 0.4) is 0 Å². The SMILES string of the molecule is CC1(C)CC(=O)C(C(=O)[C@@H](Cc2ccccc2)n2cnnn2)C(=O)C1. The van der Waals surface area contributed by atoms with Gasteiger partial charge in [0.25, 0.3) is 0 Å². The van der Waals surface area contributed by atoms with Gasteiger partial charge in [-0.2, -0.15) is 0 Å². The second-order valence-corrected chi connectivity index (χ2v) is 7.28. The first-order chi connectivity index (χ1) is 11.9. The van der Waals surface area contributed by atoms with Crippen LogP contribution in [0.15, 0.2) is 36.7 Å². The fourth-order valence-electron chi connectivity index (χ4n) is 3.37. The van der Waals surface area contributed by atoms with E-state index in [0.29, 0.717) is 6.42 Å². The lowest BCUT2D eigenvalue weighted by atomic mass is 9.69. The van der Waals surface area contributed by atoms with Crippen LogP contribution in [0, 0.1) is 11.3 Å². The van der Waals surface area contributed by atoms with E-state index in [1.165, 1.54) is 11.0 Å². The number of ketones is 3. The fourth-order valence-corrected chi connectivity index (χ4v) is 3.37. The van der Waals surface area contributed by atoms with Gasteiger partial charge in [-0.15, -0.1) is 5.10 Å². The van der Waals surface area contributed by atoms with Crippen molar-refractivity contribution in [3.63, 3.8) is 0 Å². The van der Waals surface area contributed by atoms with Gasteiger partial charge in [-0.1, -0.05) is 44.2 Å². The highest BCUT2D eigenvalue weighted by Crippen LogP contribution is 2.35. The number of hydrogen-bond donors (Lipinski definition) is 0. The Balaban J connectivity index is 1.89. The molecule has 1 atom stereocenters. The van der Waals surface area contributed by atoms with Crippen molar-refractivity contribution in [3.05, 3.63) is 42.2 Å². The number of benzene rings is 1. The molecule has 0 aliphatic heterocycles. The molecule has 0 amide bonds. The van der Waals surface area contributed by atoms with E-state index in [2.05, 4.69) is 15.5 Å². The molecule has 2 aromatic rings. The van der Waals surface area contributed by atoms with Gasteiger partial charge in [-0.25, -0.2) is 4.68 Å². The summed E-state index contributed by atoms with van der Waals surface area (Å²) in [6.07, 6.45) is 2.12. The monoisotopic (exact) mass is 340 g/mol. The minimum absolute atomic E-state index is 0.225. The summed E-state index contributed by atoms with van der Waals surface area (Å²) < 4.78 is 1.33. The largest absolute Gasteiger partial charge is 0.298 e. The number of tetrazole rings is 1. The molecule has 0 radical (unpaired) electrons. The van der Waals surface area contributed by atoms with Gasteiger partial charge in [0.05, 0.1) is 0 Å². The Morgan fingerprint density at radius 3 is 2.40 bits per heavy atom. The zero-order chi connectivity index (χ0) is 18.0. The van der Waals surface area contributed by atoms with E-state index in [-0.39, 0.29) is 24.4 Å². The van der Waals surface area contributed by atoms with Crippen molar-refractivity contribution in [2.24, 2.45) is 11.3 Å². The molecule has 3 rings (SSSR count). The fraction of sp³-hybridized carbons (Fsp3) is 0.444. The molecule has 0 bridgehead atoms. The van der Waals surface area contributed by atoms with Gasteiger partial charge in [0, 0.05) is 19.3 Å². The Bertz CT molecular complexity index is 764. The molecule has 1 aromatic carbocycles. The van der Waals surface area contributed by atoms with Crippen LogP contribution in [-0.4, -0.2) is 37.6 Å². The van der Waals surface area contributed by atoms with E-state index in [0.717, 1.165) is 5.56 Å². The van der Waals surface area contributed by atoms with Gasteiger partial charge in [0.15, 0.2) is 17.3 Å². The molecule has 7 nitrogen and oxygen atoms in total. The molecule has 1 aliphatic carbocycles. The number of rotatable bonds is 5. The average Bonchev–Trinajstić information content (AvgIpc) is 3.05. The van der Waals surface area contributed by atoms with E-state index < -0.39 is 23.2 Å². The highest BCUT2D eigenvalue weighted by Gasteiger charge is 2.45. The predicted molar refractivity (Wildman–Crippen MR) is 88.5 cm³/mol. The molecule has 1 heterocycles. The van der Waals surface area contributed by atoms with Crippen LogP contribution in [0.5, 0.6) is 0 Å². The first-order valence-electron chi connectivity index (χ1n) is 8.23. The van der Waals surface area contributed by atoms with Gasteiger partial charge in [0.1, 0.15) is 18.3 Å². The third kappa shape index (κ3) is 3.70. The number of Topliss-reactive ketones (excluding diaryl/α,β-unsaturated/α-hetero) is 3. The third-order valence-corrected chi connectivity index (χ3v) is 4.52. The van der Waals surface area contributed by atoms with E-state index in [9.17, 15) is 14.4 Å². The Hall–Kier alpha value is -2.70. The zero-order valence-corrected chi connectivity index (χ0v) is 14.3. The van der Waals surface area contributed by atoms with E-state index in [1.807, 2.05) is 44.2 Å². The van der Waals surface area contributed by atoms with Crippen molar-refractivity contribution >= 4 is 17.3 Å². The molecule has 1 saturated carbocycles. The molecule has 130 valence electrons. The molecule has 0 N–H and O–H groups in total. The predicted octanol–water partition coefficient (Wildman–Crippen LogP) is 1.60. The smallest absolute Gasteiger partial charge is 0.175 e. The van der Waals surface area contributed by atoms with Crippen molar-refractivity contribution in [3.8, 4) is 0 Å². The summed E-state index contributed by atoms with van der Waals surface area (Å²) in [6, 6.07) is 8.62. The Kier molecular flexibility index (Phi) is 4.57. The first-order valence-corrected chi connectivity index (χ1v) is 8.23. The van der Waals surface area contributed by atoms with Crippen molar-refractivity contribution in [1.82, 2.24) is 20.2 Å². The molecule has 0 spiro atoms. The Morgan fingerprint density at radius 2 is 1.84 bits per heavy atom. The molecule has 0 saturated heterocycles. The standard InChI is InChI=1S/C18H20N4O3/c1-18(2)9-14(23)16(15(24)10-18)17(25)13(22-11-19-20-21-22)8-12-6-4-3-5-7-12/h3-7,11,13,16H,8-10H2,1-2H3/t13-/m1/s1.